The zero-order chi connectivity index (χ0) is 20.5. The third-order valence-electron chi connectivity index (χ3n) is 4.47. The van der Waals surface area contributed by atoms with Crippen LogP contribution in [0.3, 0.4) is 0 Å². The maximum atomic E-state index is 12.7. The molecule has 2 aromatic rings. The topological polar surface area (TPSA) is 80.8 Å². The average Bonchev–Trinajstić information content (AvgIpc) is 2.93. The predicted octanol–water partition coefficient (Wildman–Crippen LogP) is 3.52. The number of carbonyl (C=O) groups is 2. The van der Waals surface area contributed by atoms with Crippen LogP contribution in [-0.2, 0) is 16.1 Å². The van der Waals surface area contributed by atoms with Gasteiger partial charge in [-0.3, -0.25) is 4.79 Å². The minimum absolute atomic E-state index is 0.148. The van der Waals surface area contributed by atoms with Crippen LogP contribution in [0.4, 0.5) is 4.79 Å². The van der Waals surface area contributed by atoms with Gasteiger partial charge in [0, 0.05) is 30.2 Å². The Bertz CT molecular complexity index is 910. The van der Waals surface area contributed by atoms with E-state index >= 15 is 0 Å². The van der Waals surface area contributed by atoms with Crippen molar-refractivity contribution in [2.45, 2.75) is 45.4 Å². The average molecular weight is 406 g/mol. The Kier molecular flexibility index (Phi) is 5.65. The molecule has 1 aromatic heterocycles. The summed E-state index contributed by atoms with van der Waals surface area (Å²) in [5, 5.41) is 4.77. The number of methoxy groups -OCH3 is 1. The van der Waals surface area contributed by atoms with Crippen LogP contribution >= 0.6 is 11.6 Å². The van der Waals surface area contributed by atoms with Crippen LogP contribution in [0.1, 0.15) is 32.8 Å². The van der Waals surface area contributed by atoms with Crippen molar-refractivity contribution in [1.29, 1.82) is 0 Å². The summed E-state index contributed by atoms with van der Waals surface area (Å²) in [4.78, 5) is 30.5. The second kappa shape index (κ2) is 7.83. The number of ether oxygens (including phenoxy) is 2. The second-order valence-electron chi connectivity index (χ2n) is 7.73. The molecular formula is C20H24ClN3O4. The van der Waals surface area contributed by atoms with Crippen LogP contribution < -0.4 is 10.1 Å². The van der Waals surface area contributed by atoms with Gasteiger partial charge in [-0.05, 0) is 50.8 Å². The second-order valence-corrected chi connectivity index (χ2v) is 8.09. The van der Waals surface area contributed by atoms with Crippen LogP contribution in [0.2, 0.25) is 5.15 Å². The summed E-state index contributed by atoms with van der Waals surface area (Å²) < 4.78 is 10.7. The standard InChI is InChI=1S/C20H24ClN3O4/c1-20(2,3)28-19(26)23-15-6-8-24(18(15)25)11-13-9-14-12(10-16(13)27-4)5-7-22-17(14)21/h5,7,9-10,15H,6,8,11H2,1-4H3,(H,23,26)/t15-/m0/s1. The lowest BCUT2D eigenvalue weighted by atomic mass is 10.1. The third kappa shape index (κ3) is 4.47. The monoisotopic (exact) mass is 405 g/mol. The summed E-state index contributed by atoms with van der Waals surface area (Å²) in [7, 11) is 1.59. The molecule has 1 saturated heterocycles. The van der Waals surface area contributed by atoms with Crippen molar-refractivity contribution < 1.29 is 19.1 Å². The molecule has 8 heteroatoms. The van der Waals surface area contributed by atoms with Crippen molar-refractivity contribution >= 4 is 34.4 Å². The van der Waals surface area contributed by atoms with Crippen molar-refractivity contribution in [1.82, 2.24) is 15.2 Å². The molecule has 1 aromatic carbocycles. The SMILES string of the molecule is COc1cc2ccnc(Cl)c2cc1CN1CC[C@H](NC(=O)OC(C)(C)C)C1=O. The van der Waals surface area contributed by atoms with Gasteiger partial charge in [-0.1, -0.05) is 11.6 Å². The van der Waals surface area contributed by atoms with Gasteiger partial charge in [0.1, 0.15) is 22.5 Å². The highest BCUT2D eigenvalue weighted by molar-refractivity contribution is 6.34. The number of amides is 2. The first-order chi connectivity index (χ1) is 13.2. The molecule has 0 spiro atoms. The van der Waals surface area contributed by atoms with E-state index < -0.39 is 17.7 Å². The highest BCUT2D eigenvalue weighted by atomic mass is 35.5. The van der Waals surface area contributed by atoms with Crippen LogP contribution in [0, 0.1) is 0 Å². The quantitative estimate of drug-likeness (QED) is 0.787. The molecule has 1 atom stereocenters. The third-order valence-corrected chi connectivity index (χ3v) is 4.77. The molecule has 1 aliphatic rings. The number of likely N-dealkylation sites (tertiary alicyclic amines) is 1. The molecule has 150 valence electrons. The summed E-state index contributed by atoms with van der Waals surface area (Å²) in [6, 6.07) is 5.04. The molecule has 1 fully saturated rings. The summed E-state index contributed by atoms with van der Waals surface area (Å²) in [6.07, 6.45) is 1.57. The zero-order valence-corrected chi connectivity index (χ0v) is 17.2. The molecule has 7 nitrogen and oxygen atoms in total. The number of benzene rings is 1. The minimum atomic E-state index is -0.614. The van der Waals surface area contributed by atoms with E-state index in [0.717, 1.165) is 16.3 Å². The number of hydrogen-bond acceptors (Lipinski definition) is 5. The van der Waals surface area contributed by atoms with Gasteiger partial charge in [0.05, 0.1) is 7.11 Å². The van der Waals surface area contributed by atoms with Gasteiger partial charge >= 0.3 is 6.09 Å². The molecule has 28 heavy (non-hydrogen) atoms. The van der Waals surface area contributed by atoms with Crippen molar-refractivity contribution in [3.05, 3.63) is 35.1 Å². The van der Waals surface area contributed by atoms with E-state index in [2.05, 4.69) is 10.3 Å². The number of alkyl carbamates (subject to hydrolysis) is 1. The zero-order valence-electron chi connectivity index (χ0n) is 16.4. The summed E-state index contributed by atoms with van der Waals surface area (Å²) in [6.45, 7) is 6.22. The number of hydrogen-bond donors (Lipinski definition) is 1. The molecule has 0 radical (unpaired) electrons. The van der Waals surface area contributed by atoms with Crippen LogP contribution in [0.5, 0.6) is 5.75 Å². The van der Waals surface area contributed by atoms with Crippen molar-refractivity contribution in [3.63, 3.8) is 0 Å². The number of nitrogens with one attached hydrogen (secondary N) is 1. The largest absolute Gasteiger partial charge is 0.496 e. The molecule has 0 aliphatic carbocycles. The Hall–Kier alpha value is -2.54. The highest BCUT2D eigenvalue weighted by Gasteiger charge is 2.34. The van der Waals surface area contributed by atoms with Crippen LogP contribution in [0.15, 0.2) is 24.4 Å². The fourth-order valence-corrected chi connectivity index (χ4v) is 3.43. The van der Waals surface area contributed by atoms with E-state index in [1.807, 2.05) is 18.2 Å². The number of aromatic nitrogens is 1. The van der Waals surface area contributed by atoms with E-state index in [0.29, 0.717) is 30.4 Å². The predicted molar refractivity (Wildman–Crippen MR) is 106 cm³/mol. The summed E-state index contributed by atoms with van der Waals surface area (Å²) in [5.41, 5.74) is 0.216. The number of rotatable bonds is 4. The minimum Gasteiger partial charge on any atom is -0.496 e. The number of nitrogens with zero attached hydrogens (tertiary/aromatic N) is 2. The Morgan fingerprint density at radius 3 is 2.82 bits per heavy atom. The van der Waals surface area contributed by atoms with Crippen molar-refractivity contribution in [2.24, 2.45) is 0 Å². The number of fused-ring (bicyclic) bond motifs is 1. The molecule has 0 bridgehead atoms. The molecule has 1 N–H and O–H groups in total. The maximum absolute atomic E-state index is 12.7. The molecule has 2 amide bonds. The fraction of sp³-hybridized carbons (Fsp3) is 0.450. The Labute approximate surface area is 169 Å². The van der Waals surface area contributed by atoms with Gasteiger partial charge in [0.2, 0.25) is 5.91 Å². The van der Waals surface area contributed by atoms with Gasteiger partial charge in [0.25, 0.3) is 0 Å². The highest BCUT2D eigenvalue weighted by Crippen LogP contribution is 2.31. The molecule has 3 rings (SSSR count). The summed E-state index contributed by atoms with van der Waals surface area (Å²) >= 11 is 6.21. The van der Waals surface area contributed by atoms with Gasteiger partial charge in [-0.2, -0.15) is 0 Å². The molecule has 2 heterocycles. The lowest BCUT2D eigenvalue weighted by molar-refractivity contribution is -0.129. The van der Waals surface area contributed by atoms with Crippen LogP contribution in [-0.4, -0.2) is 47.2 Å². The maximum Gasteiger partial charge on any atom is 0.408 e. The first-order valence-corrected chi connectivity index (χ1v) is 9.45. The van der Waals surface area contributed by atoms with E-state index in [1.54, 1.807) is 39.0 Å². The van der Waals surface area contributed by atoms with Gasteiger partial charge in [-0.25, -0.2) is 9.78 Å². The number of carbonyl (C=O) groups excluding carboxylic acids is 2. The molecule has 0 unspecified atom stereocenters. The van der Waals surface area contributed by atoms with Gasteiger partial charge < -0.3 is 19.7 Å². The van der Waals surface area contributed by atoms with E-state index in [4.69, 9.17) is 21.1 Å². The molecule has 1 aliphatic heterocycles. The van der Waals surface area contributed by atoms with E-state index in [9.17, 15) is 9.59 Å². The van der Waals surface area contributed by atoms with E-state index in [-0.39, 0.29) is 5.91 Å². The number of pyridine rings is 1. The van der Waals surface area contributed by atoms with Gasteiger partial charge in [-0.15, -0.1) is 0 Å². The summed E-state index contributed by atoms with van der Waals surface area (Å²) in [5.74, 6) is 0.524. The fourth-order valence-electron chi connectivity index (χ4n) is 3.21. The van der Waals surface area contributed by atoms with Crippen LogP contribution in [0.25, 0.3) is 10.8 Å². The van der Waals surface area contributed by atoms with E-state index in [1.165, 1.54) is 0 Å². The lowest BCUT2D eigenvalue weighted by Crippen LogP contribution is -2.43. The van der Waals surface area contributed by atoms with Crippen molar-refractivity contribution in [3.8, 4) is 5.75 Å². The van der Waals surface area contributed by atoms with Gasteiger partial charge in [0.15, 0.2) is 0 Å². The Balaban J connectivity index is 1.75. The normalized spacial score (nSPS) is 17.1. The molecule has 0 saturated carbocycles. The number of halogens is 1. The lowest BCUT2D eigenvalue weighted by Gasteiger charge is -2.22. The Morgan fingerprint density at radius 1 is 1.39 bits per heavy atom. The first kappa shape index (κ1) is 20.2. The van der Waals surface area contributed by atoms with Crippen molar-refractivity contribution in [2.75, 3.05) is 13.7 Å². The first-order valence-electron chi connectivity index (χ1n) is 9.07. The smallest absolute Gasteiger partial charge is 0.408 e. The Morgan fingerprint density at radius 2 is 2.14 bits per heavy atom. The molecular weight excluding hydrogens is 382 g/mol.